The number of carboxylic acid groups (broad SMARTS) is 1. The molecular weight excluding hydrogens is 373 g/mol. The van der Waals surface area contributed by atoms with Crippen LogP contribution in [0, 0.1) is 0 Å². The molecule has 2 rings (SSSR count). The molecule has 0 aromatic heterocycles. The van der Waals surface area contributed by atoms with Gasteiger partial charge in [-0.3, -0.25) is 0 Å². The fraction of sp³-hybridized carbons (Fsp3) is 0.222. The summed E-state index contributed by atoms with van der Waals surface area (Å²) >= 11 is 0.0805. The normalized spacial score (nSPS) is 11.5. The number of carbonyl (C=O) groups excluding carboxylic acids is 1. The first-order valence-corrected chi connectivity index (χ1v) is 9.89. The molecule has 0 saturated heterocycles. The number of carboxylic acids is 1. The van der Waals surface area contributed by atoms with Crippen molar-refractivity contribution in [2.24, 2.45) is 0 Å². The van der Waals surface area contributed by atoms with Gasteiger partial charge in [0.25, 0.3) is 0 Å². The van der Waals surface area contributed by atoms with E-state index >= 15 is 0 Å². The molecule has 0 unspecified atom stereocenters. The number of carbonyl (C=O) groups is 2. The monoisotopic (exact) mass is 393 g/mol. The van der Waals surface area contributed by atoms with Crippen LogP contribution in [0.2, 0.25) is 5.32 Å². The third kappa shape index (κ3) is 6.44. The van der Waals surface area contributed by atoms with Gasteiger partial charge in [-0.2, -0.15) is 0 Å². The zero-order chi connectivity index (χ0) is 17.2. The quantitative estimate of drug-likeness (QED) is 0.678. The molecule has 6 heteroatoms. The molecule has 0 spiro atoms. The second-order valence-corrected chi connectivity index (χ2v) is 7.26. The van der Waals surface area contributed by atoms with Crippen molar-refractivity contribution in [3.63, 3.8) is 0 Å². The summed E-state index contributed by atoms with van der Waals surface area (Å²) in [7, 11) is 0. The van der Waals surface area contributed by atoms with Crippen LogP contribution in [0.1, 0.15) is 11.1 Å². The fourth-order valence-electron chi connectivity index (χ4n) is 1.95. The van der Waals surface area contributed by atoms with Gasteiger partial charge in [0.05, 0.1) is 0 Å². The fourth-order valence-corrected chi connectivity index (χ4v) is 4.06. The molecule has 0 fully saturated rings. The van der Waals surface area contributed by atoms with E-state index in [0.717, 1.165) is 10.9 Å². The Hall–Kier alpha value is -2.30. The minimum atomic E-state index is -1.04. The molecule has 2 aromatic carbocycles. The number of ether oxygens (including phenoxy) is 1. The Kier molecular flexibility index (Phi) is 7.33. The van der Waals surface area contributed by atoms with Crippen LogP contribution >= 0.6 is 0 Å². The Labute approximate surface area is 147 Å². The summed E-state index contributed by atoms with van der Waals surface area (Å²) in [6.07, 6.45) is -0.707. The van der Waals surface area contributed by atoms with Gasteiger partial charge in [0.1, 0.15) is 0 Å². The van der Waals surface area contributed by atoms with Crippen LogP contribution in [0.3, 0.4) is 0 Å². The summed E-state index contributed by atoms with van der Waals surface area (Å²) < 4.78 is 5.07. The number of hydrogen-bond acceptors (Lipinski definition) is 3. The molecular formula is C18H19NO4Se. The van der Waals surface area contributed by atoms with Gasteiger partial charge in [0.2, 0.25) is 0 Å². The second kappa shape index (κ2) is 9.75. The Morgan fingerprint density at radius 1 is 1.00 bits per heavy atom. The van der Waals surface area contributed by atoms with Gasteiger partial charge in [-0.15, -0.1) is 0 Å². The van der Waals surface area contributed by atoms with Crippen LogP contribution in [0.15, 0.2) is 60.7 Å². The van der Waals surface area contributed by atoms with Crippen LogP contribution in [-0.2, 0) is 21.5 Å². The van der Waals surface area contributed by atoms with Crippen molar-refractivity contribution < 1.29 is 19.4 Å². The van der Waals surface area contributed by atoms with Gasteiger partial charge in [0, 0.05) is 0 Å². The summed E-state index contributed by atoms with van der Waals surface area (Å²) in [5.74, 6) is -1.04. The number of amides is 1. The van der Waals surface area contributed by atoms with Crippen molar-refractivity contribution in [2.75, 3.05) is 0 Å². The summed E-state index contributed by atoms with van der Waals surface area (Å²) in [6.45, 7) is 0.119. The van der Waals surface area contributed by atoms with Gasteiger partial charge in [-0.05, 0) is 0 Å². The molecule has 126 valence electrons. The van der Waals surface area contributed by atoms with Crippen molar-refractivity contribution in [1.82, 2.24) is 5.32 Å². The number of rotatable bonds is 8. The molecule has 0 aliphatic rings. The Bertz CT molecular complexity index is 649. The van der Waals surface area contributed by atoms with Gasteiger partial charge in [-0.1, -0.05) is 0 Å². The van der Waals surface area contributed by atoms with E-state index in [1.807, 2.05) is 60.7 Å². The van der Waals surface area contributed by atoms with Crippen molar-refractivity contribution in [1.29, 1.82) is 0 Å². The molecule has 2 N–H and O–H groups in total. The van der Waals surface area contributed by atoms with E-state index in [2.05, 4.69) is 5.32 Å². The number of hydrogen-bond donors (Lipinski definition) is 2. The third-order valence-corrected chi connectivity index (χ3v) is 5.52. The first-order chi connectivity index (χ1) is 11.6. The Morgan fingerprint density at radius 3 is 2.17 bits per heavy atom. The van der Waals surface area contributed by atoms with Gasteiger partial charge in [-0.25, -0.2) is 0 Å². The van der Waals surface area contributed by atoms with Gasteiger partial charge in [0.15, 0.2) is 0 Å². The van der Waals surface area contributed by atoms with Crippen LogP contribution in [0.5, 0.6) is 0 Å². The van der Waals surface area contributed by atoms with Crippen molar-refractivity contribution in [3.8, 4) is 0 Å². The maximum atomic E-state index is 11.8. The van der Waals surface area contributed by atoms with Crippen LogP contribution in [0.25, 0.3) is 0 Å². The average Bonchev–Trinajstić information content (AvgIpc) is 2.61. The van der Waals surface area contributed by atoms with E-state index in [1.165, 1.54) is 5.56 Å². The number of nitrogens with one attached hydrogen (secondary N) is 1. The summed E-state index contributed by atoms with van der Waals surface area (Å²) in [6, 6.07) is 18.2. The zero-order valence-electron chi connectivity index (χ0n) is 13.1. The van der Waals surface area contributed by atoms with E-state index in [4.69, 9.17) is 4.74 Å². The van der Waals surface area contributed by atoms with Crippen LogP contribution in [-0.4, -0.2) is 38.2 Å². The average molecular weight is 392 g/mol. The van der Waals surface area contributed by atoms with Crippen molar-refractivity contribution >= 4 is 27.0 Å². The van der Waals surface area contributed by atoms with Crippen molar-refractivity contribution in [2.45, 2.75) is 23.3 Å². The van der Waals surface area contributed by atoms with Gasteiger partial charge < -0.3 is 0 Å². The third-order valence-electron chi connectivity index (χ3n) is 3.20. The standard InChI is InChI=1S/C18H19NO4Se/c20-17(21)16(13-24-12-15-9-5-2-6-10-15)19-18(22)23-11-14-7-3-1-4-8-14/h1-10,16H,11-13H2,(H,19,22)(H,20,21)/t16-/m1/s1. The molecule has 0 aliphatic carbocycles. The second-order valence-electron chi connectivity index (χ2n) is 5.10. The molecule has 2 aromatic rings. The predicted molar refractivity (Wildman–Crippen MR) is 91.9 cm³/mol. The topological polar surface area (TPSA) is 75.6 Å². The van der Waals surface area contributed by atoms with E-state index in [1.54, 1.807) is 0 Å². The van der Waals surface area contributed by atoms with Crippen LogP contribution < -0.4 is 5.32 Å². The number of benzene rings is 2. The molecule has 1 atom stereocenters. The Morgan fingerprint density at radius 2 is 1.58 bits per heavy atom. The summed E-state index contributed by atoms with van der Waals surface area (Å²) in [5.41, 5.74) is 2.03. The first-order valence-electron chi connectivity index (χ1n) is 7.47. The molecule has 0 radical (unpaired) electrons. The number of alkyl carbamates (subject to hydrolysis) is 1. The Balaban J connectivity index is 1.75. The first kappa shape index (κ1) is 18.0. The summed E-state index contributed by atoms with van der Waals surface area (Å²) in [4.78, 5) is 23.1. The molecule has 24 heavy (non-hydrogen) atoms. The number of aliphatic carboxylic acids is 1. The SMILES string of the molecule is O=C(N[C@H](C[Se]Cc1ccccc1)C(=O)O)OCc1ccccc1. The summed E-state index contributed by atoms with van der Waals surface area (Å²) in [5, 5.41) is 12.9. The van der Waals surface area contributed by atoms with Crippen LogP contribution in [0.4, 0.5) is 4.79 Å². The molecule has 0 heterocycles. The molecule has 5 nitrogen and oxygen atoms in total. The van der Waals surface area contributed by atoms with E-state index in [0.29, 0.717) is 5.32 Å². The zero-order valence-corrected chi connectivity index (χ0v) is 14.8. The van der Waals surface area contributed by atoms with Gasteiger partial charge >= 0.3 is 147 Å². The van der Waals surface area contributed by atoms with E-state index in [9.17, 15) is 14.7 Å². The molecule has 0 aliphatic heterocycles. The molecule has 0 saturated carbocycles. The minimum absolute atomic E-state index is 0.0805. The molecule has 1 amide bonds. The van der Waals surface area contributed by atoms with E-state index in [-0.39, 0.29) is 21.6 Å². The van der Waals surface area contributed by atoms with E-state index < -0.39 is 18.1 Å². The van der Waals surface area contributed by atoms with Crippen molar-refractivity contribution in [3.05, 3.63) is 71.8 Å². The molecule has 0 bridgehead atoms. The predicted octanol–water partition coefficient (Wildman–Crippen LogP) is 2.69. The maximum absolute atomic E-state index is 11.8.